The van der Waals surface area contributed by atoms with Gasteiger partial charge < -0.3 is 10.5 Å². The average molecular weight is 214 g/mol. The van der Waals surface area contributed by atoms with Gasteiger partial charge in [0.1, 0.15) is 5.75 Å². The minimum absolute atomic E-state index is 0.440. The van der Waals surface area contributed by atoms with Crippen molar-refractivity contribution >= 4 is 15.4 Å². The van der Waals surface area contributed by atoms with Crippen molar-refractivity contribution in [2.45, 2.75) is 11.8 Å². The minimum atomic E-state index is -2.70. The first-order valence-electron chi connectivity index (χ1n) is 4.21. The summed E-state index contributed by atoms with van der Waals surface area (Å²) in [6, 6.07) is 4.76. The van der Waals surface area contributed by atoms with Crippen LogP contribution in [-0.2, 0) is 9.73 Å². The van der Waals surface area contributed by atoms with Gasteiger partial charge in [0.15, 0.2) is 0 Å². The van der Waals surface area contributed by atoms with Gasteiger partial charge in [-0.05, 0) is 25.1 Å². The Kier molecular flexibility index (Phi) is 3.00. The van der Waals surface area contributed by atoms with Crippen molar-refractivity contribution in [3.8, 4) is 5.75 Å². The maximum atomic E-state index is 11.4. The van der Waals surface area contributed by atoms with Crippen molar-refractivity contribution < 1.29 is 8.95 Å². The number of hydrogen-bond donors (Lipinski definition) is 2. The zero-order valence-corrected chi connectivity index (χ0v) is 9.06. The molecule has 0 bridgehead atoms. The smallest absolute Gasteiger partial charge is 0.143 e. The van der Waals surface area contributed by atoms with E-state index in [1.165, 1.54) is 6.26 Å². The van der Waals surface area contributed by atoms with Crippen LogP contribution in [-0.4, -0.2) is 17.1 Å². The zero-order chi connectivity index (χ0) is 10.8. The van der Waals surface area contributed by atoms with E-state index in [0.29, 0.717) is 22.9 Å². The number of rotatable bonds is 3. The third-order valence-electron chi connectivity index (χ3n) is 1.73. The van der Waals surface area contributed by atoms with E-state index in [-0.39, 0.29) is 0 Å². The molecule has 0 aliphatic rings. The van der Waals surface area contributed by atoms with Gasteiger partial charge >= 0.3 is 0 Å². The highest BCUT2D eigenvalue weighted by atomic mass is 32.2. The molecule has 0 saturated carbocycles. The summed E-state index contributed by atoms with van der Waals surface area (Å²) in [6.07, 6.45) is 1.37. The Morgan fingerprint density at radius 1 is 1.57 bits per heavy atom. The maximum absolute atomic E-state index is 11.4. The summed E-state index contributed by atoms with van der Waals surface area (Å²) in [5.41, 5.74) is 6.14. The molecule has 78 valence electrons. The van der Waals surface area contributed by atoms with Crippen LogP contribution in [0.1, 0.15) is 6.92 Å². The Balaban J connectivity index is 3.20. The van der Waals surface area contributed by atoms with Crippen molar-refractivity contribution in [2.24, 2.45) is 0 Å². The molecule has 0 spiro atoms. The van der Waals surface area contributed by atoms with E-state index in [9.17, 15) is 4.21 Å². The van der Waals surface area contributed by atoms with Crippen LogP contribution in [0, 0.1) is 4.78 Å². The van der Waals surface area contributed by atoms with Gasteiger partial charge in [0, 0.05) is 6.26 Å². The van der Waals surface area contributed by atoms with E-state index in [0.717, 1.165) is 0 Å². The molecule has 0 aromatic heterocycles. The van der Waals surface area contributed by atoms with E-state index in [2.05, 4.69) is 0 Å². The van der Waals surface area contributed by atoms with E-state index in [1.807, 2.05) is 6.92 Å². The van der Waals surface area contributed by atoms with Crippen molar-refractivity contribution in [3.05, 3.63) is 18.2 Å². The molecule has 0 heterocycles. The summed E-state index contributed by atoms with van der Waals surface area (Å²) >= 11 is 0. The molecule has 1 atom stereocenters. The third kappa shape index (κ3) is 2.38. The average Bonchev–Trinajstić information content (AvgIpc) is 2.07. The van der Waals surface area contributed by atoms with Gasteiger partial charge in [-0.2, -0.15) is 0 Å². The molecule has 1 aromatic rings. The van der Waals surface area contributed by atoms with Gasteiger partial charge in [0.25, 0.3) is 0 Å². The molecule has 0 aliphatic heterocycles. The van der Waals surface area contributed by atoms with E-state index in [1.54, 1.807) is 18.2 Å². The SMILES string of the molecule is CCOc1cc(S(C)(=N)=O)ccc1N. The molecule has 4 nitrogen and oxygen atoms in total. The normalized spacial score (nSPS) is 14.7. The van der Waals surface area contributed by atoms with Crippen LogP contribution in [0.2, 0.25) is 0 Å². The number of ether oxygens (including phenoxy) is 1. The van der Waals surface area contributed by atoms with E-state index < -0.39 is 9.73 Å². The molecule has 1 unspecified atom stereocenters. The Hall–Kier alpha value is -1.23. The second kappa shape index (κ2) is 3.88. The second-order valence-corrected chi connectivity index (χ2v) is 5.13. The predicted octanol–water partition coefficient (Wildman–Crippen LogP) is 1.70. The summed E-state index contributed by atoms with van der Waals surface area (Å²) in [5, 5.41) is 0. The van der Waals surface area contributed by atoms with E-state index >= 15 is 0 Å². The monoisotopic (exact) mass is 214 g/mol. The molecular formula is C9H14N2O2S. The van der Waals surface area contributed by atoms with Gasteiger partial charge in [-0.3, -0.25) is 0 Å². The Bertz CT molecular complexity index is 426. The number of nitrogens with one attached hydrogen (secondary N) is 1. The second-order valence-electron chi connectivity index (χ2n) is 2.98. The highest BCUT2D eigenvalue weighted by Gasteiger charge is 2.07. The first kappa shape index (κ1) is 10.8. The molecule has 0 saturated heterocycles. The van der Waals surface area contributed by atoms with Gasteiger partial charge in [0.05, 0.1) is 26.9 Å². The fourth-order valence-corrected chi connectivity index (χ4v) is 1.70. The number of hydrogen-bond acceptors (Lipinski definition) is 4. The first-order valence-corrected chi connectivity index (χ1v) is 6.18. The molecule has 3 N–H and O–H groups in total. The summed E-state index contributed by atoms with van der Waals surface area (Å²) in [6.45, 7) is 2.34. The summed E-state index contributed by atoms with van der Waals surface area (Å²) in [5.74, 6) is 0.492. The highest BCUT2D eigenvalue weighted by Crippen LogP contribution is 2.25. The number of nitrogens with two attached hydrogens (primary N) is 1. The van der Waals surface area contributed by atoms with Crippen LogP contribution >= 0.6 is 0 Å². The lowest BCUT2D eigenvalue weighted by molar-refractivity contribution is 0.341. The molecule has 0 fully saturated rings. The standard InChI is InChI=1S/C9H14N2O2S/c1-3-13-9-6-7(14(2,11)12)4-5-8(9)10/h4-6,11H,3,10H2,1-2H3. The Morgan fingerprint density at radius 2 is 2.21 bits per heavy atom. The Morgan fingerprint density at radius 3 is 2.71 bits per heavy atom. The molecule has 5 heteroatoms. The van der Waals surface area contributed by atoms with Crippen LogP contribution < -0.4 is 10.5 Å². The number of nitrogen functional groups attached to an aromatic ring is 1. The lowest BCUT2D eigenvalue weighted by Crippen LogP contribution is -2.00. The fourth-order valence-electron chi connectivity index (χ4n) is 1.04. The maximum Gasteiger partial charge on any atom is 0.143 e. The first-order chi connectivity index (χ1) is 6.45. The van der Waals surface area contributed by atoms with Crippen LogP contribution in [0.15, 0.2) is 23.1 Å². The molecule has 1 rings (SSSR count). The fraction of sp³-hybridized carbons (Fsp3) is 0.333. The summed E-state index contributed by atoms with van der Waals surface area (Å²) in [7, 11) is -2.70. The van der Waals surface area contributed by atoms with Gasteiger partial charge in [-0.1, -0.05) is 0 Å². The molecule has 0 radical (unpaired) electrons. The minimum Gasteiger partial charge on any atom is -0.492 e. The highest BCUT2D eigenvalue weighted by molar-refractivity contribution is 7.91. The lowest BCUT2D eigenvalue weighted by Gasteiger charge is -2.08. The van der Waals surface area contributed by atoms with Gasteiger partial charge in [-0.25, -0.2) is 8.99 Å². The summed E-state index contributed by atoms with van der Waals surface area (Å²) < 4.78 is 24.1. The number of anilines is 1. The van der Waals surface area contributed by atoms with Crippen LogP contribution in [0.25, 0.3) is 0 Å². The van der Waals surface area contributed by atoms with Gasteiger partial charge in [-0.15, -0.1) is 0 Å². The van der Waals surface area contributed by atoms with Crippen molar-refractivity contribution in [3.63, 3.8) is 0 Å². The largest absolute Gasteiger partial charge is 0.492 e. The zero-order valence-electron chi connectivity index (χ0n) is 8.24. The number of benzene rings is 1. The lowest BCUT2D eigenvalue weighted by atomic mass is 10.3. The molecule has 0 aliphatic carbocycles. The Labute approximate surface area is 84.0 Å². The third-order valence-corrected chi connectivity index (χ3v) is 2.89. The summed E-state index contributed by atoms with van der Waals surface area (Å²) in [4.78, 5) is 0.440. The van der Waals surface area contributed by atoms with E-state index in [4.69, 9.17) is 15.3 Å². The van der Waals surface area contributed by atoms with Crippen molar-refractivity contribution in [1.82, 2.24) is 0 Å². The molecular weight excluding hydrogens is 200 g/mol. The topological polar surface area (TPSA) is 76.2 Å². The molecule has 14 heavy (non-hydrogen) atoms. The van der Waals surface area contributed by atoms with Crippen LogP contribution in [0.4, 0.5) is 5.69 Å². The van der Waals surface area contributed by atoms with Crippen molar-refractivity contribution in [2.75, 3.05) is 18.6 Å². The molecule has 1 aromatic carbocycles. The van der Waals surface area contributed by atoms with Gasteiger partial charge in [0.2, 0.25) is 0 Å². The van der Waals surface area contributed by atoms with Crippen molar-refractivity contribution in [1.29, 1.82) is 4.78 Å². The predicted molar refractivity (Wildman–Crippen MR) is 57.1 cm³/mol. The van der Waals surface area contributed by atoms with Crippen LogP contribution in [0.3, 0.4) is 0 Å². The molecule has 0 amide bonds. The van der Waals surface area contributed by atoms with Crippen LogP contribution in [0.5, 0.6) is 5.75 Å². The quantitative estimate of drug-likeness (QED) is 0.752.